The number of benzene rings is 2. The van der Waals surface area contributed by atoms with Gasteiger partial charge in [-0.1, -0.05) is 31.0 Å². The van der Waals surface area contributed by atoms with Gasteiger partial charge in [-0.3, -0.25) is 10.1 Å². The Kier molecular flexibility index (Phi) is 10.1. The van der Waals surface area contributed by atoms with Crippen molar-refractivity contribution < 1.29 is 27.5 Å². The van der Waals surface area contributed by atoms with E-state index < -0.39 is 21.8 Å². The molecule has 13 heteroatoms. The third kappa shape index (κ3) is 8.63. The first kappa shape index (κ1) is 31.2. The van der Waals surface area contributed by atoms with E-state index in [9.17, 15) is 18.0 Å². The summed E-state index contributed by atoms with van der Waals surface area (Å²) in [5, 5.41) is 12.8. The number of urea groups is 1. The van der Waals surface area contributed by atoms with E-state index in [1.807, 2.05) is 37.3 Å². The largest absolute Gasteiger partial charge is 0.456 e. The van der Waals surface area contributed by atoms with Crippen LogP contribution in [0.15, 0.2) is 71.8 Å². The van der Waals surface area contributed by atoms with Crippen molar-refractivity contribution >= 4 is 39.1 Å². The summed E-state index contributed by atoms with van der Waals surface area (Å²) >= 11 is 0. The van der Waals surface area contributed by atoms with Crippen LogP contribution in [0.4, 0.5) is 22.1 Å². The van der Waals surface area contributed by atoms with Gasteiger partial charge in [0.1, 0.15) is 34.6 Å². The van der Waals surface area contributed by atoms with Crippen LogP contribution in [0.25, 0.3) is 5.69 Å². The van der Waals surface area contributed by atoms with Crippen LogP contribution in [0.3, 0.4) is 0 Å². The molecule has 0 atom stereocenters. The van der Waals surface area contributed by atoms with Crippen LogP contribution in [-0.2, 0) is 25.8 Å². The molecule has 4 rings (SSSR count). The molecule has 0 unspecified atom stereocenters. The van der Waals surface area contributed by atoms with E-state index in [0.29, 0.717) is 5.82 Å². The van der Waals surface area contributed by atoms with Crippen LogP contribution < -0.4 is 20.7 Å². The Morgan fingerprint density at radius 1 is 0.977 bits per heavy atom. The molecule has 43 heavy (non-hydrogen) atoms. The zero-order valence-electron chi connectivity index (χ0n) is 24.4. The van der Waals surface area contributed by atoms with Gasteiger partial charge >= 0.3 is 6.03 Å². The fourth-order valence-corrected chi connectivity index (χ4v) is 4.92. The Morgan fingerprint density at radius 2 is 1.74 bits per heavy atom. The Balaban J connectivity index is 1.54. The molecule has 0 aliphatic rings. The van der Waals surface area contributed by atoms with Crippen molar-refractivity contribution in [2.75, 3.05) is 35.9 Å². The van der Waals surface area contributed by atoms with Gasteiger partial charge in [0.2, 0.25) is 0 Å². The highest BCUT2D eigenvalue weighted by Gasteiger charge is 2.19. The topological polar surface area (TPSA) is 154 Å². The highest BCUT2D eigenvalue weighted by molar-refractivity contribution is 7.90. The van der Waals surface area contributed by atoms with E-state index in [0.717, 1.165) is 42.5 Å². The van der Waals surface area contributed by atoms with Crippen LogP contribution in [0.5, 0.6) is 11.5 Å². The van der Waals surface area contributed by atoms with E-state index >= 15 is 0 Å². The predicted molar refractivity (Wildman–Crippen MR) is 164 cm³/mol. The highest BCUT2D eigenvalue weighted by Crippen LogP contribution is 2.32. The SMILES string of the molecule is CCCCc1cc(NC(=O)Nc2ccc(Oc3ccnc(NC(=O)COC)c3)c(S(C)(=O)=O)c2)n(-c2ccc(C)cc2)n1. The maximum atomic E-state index is 13.1. The average molecular weight is 607 g/mol. The first-order chi connectivity index (χ1) is 20.5. The summed E-state index contributed by atoms with van der Waals surface area (Å²) < 4.78 is 37.6. The number of hydrogen-bond acceptors (Lipinski definition) is 8. The molecule has 2 aromatic carbocycles. The molecule has 2 aromatic heterocycles. The zero-order chi connectivity index (χ0) is 31.0. The van der Waals surface area contributed by atoms with Gasteiger partial charge in [0.05, 0.1) is 11.4 Å². The van der Waals surface area contributed by atoms with E-state index in [-0.39, 0.29) is 34.5 Å². The van der Waals surface area contributed by atoms with Gasteiger partial charge in [-0.25, -0.2) is 22.9 Å². The lowest BCUT2D eigenvalue weighted by atomic mass is 10.2. The summed E-state index contributed by atoms with van der Waals surface area (Å²) in [6.07, 6.45) is 5.19. The molecule has 3 N–H and O–H groups in total. The second kappa shape index (κ2) is 13.9. The Bertz CT molecular complexity index is 1700. The lowest BCUT2D eigenvalue weighted by Crippen LogP contribution is -2.21. The number of ether oxygens (including phenoxy) is 2. The van der Waals surface area contributed by atoms with E-state index in [1.165, 1.54) is 43.6 Å². The Hall–Kier alpha value is -4.75. The van der Waals surface area contributed by atoms with Crippen LogP contribution >= 0.6 is 0 Å². The monoisotopic (exact) mass is 606 g/mol. The van der Waals surface area contributed by atoms with Crippen molar-refractivity contribution in [3.63, 3.8) is 0 Å². The third-order valence-electron chi connectivity index (χ3n) is 6.17. The number of aromatic nitrogens is 3. The first-order valence-electron chi connectivity index (χ1n) is 13.6. The van der Waals surface area contributed by atoms with Gasteiger partial charge < -0.3 is 20.1 Å². The summed E-state index contributed by atoms with van der Waals surface area (Å²) in [7, 11) is -2.38. The number of pyridine rings is 1. The summed E-state index contributed by atoms with van der Waals surface area (Å²) in [6, 6.07) is 16.3. The number of aryl methyl sites for hydroxylation is 2. The smallest absolute Gasteiger partial charge is 0.324 e. The number of hydrogen-bond donors (Lipinski definition) is 3. The minimum absolute atomic E-state index is 0.0341. The fourth-order valence-electron chi connectivity index (χ4n) is 4.10. The van der Waals surface area contributed by atoms with E-state index in [2.05, 4.69) is 33.0 Å². The van der Waals surface area contributed by atoms with Crippen molar-refractivity contribution in [1.82, 2.24) is 14.8 Å². The molecule has 0 radical (unpaired) electrons. The number of sulfone groups is 1. The quantitative estimate of drug-likeness (QED) is 0.195. The second-order valence-electron chi connectivity index (χ2n) is 9.84. The van der Waals surface area contributed by atoms with Gasteiger partial charge in [0, 0.05) is 37.4 Å². The molecule has 0 saturated heterocycles. The molecule has 0 aliphatic heterocycles. The standard InChI is InChI=1S/C30H34N6O6S/c1-5-6-7-22-17-28(36(35-22)23-11-8-20(2)9-12-23)34-30(38)32-21-10-13-25(26(16-21)43(4,39)40)42-24-14-15-31-27(18-24)33-29(37)19-41-3/h8-18H,5-7,19H2,1-4H3,(H,31,33,37)(H2,32,34,38). The predicted octanol–water partition coefficient (Wildman–Crippen LogP) is 5.34. The van der Waals surface area contributed by atoms with Crippen molar-refractivity contribution in [3.8, 4) is 17.2 Å². The maximum absolute atomic E-state index is 13.1. The summed E-state index contributed by atoms with van der Waals surface area (Å²) in [5.41, 5.74) is 2.97. The maximum Gasteiger partial charge on any atom is 0.324 e. The van der Waals surface area contributed by atoms with Crippen LogP contribution in [0, 0.1) is 6.92 Å². The van der Waals surface area contributed by atoms with Crippen LogP contribution in [0.2, 0.25) is 0 Å². The number of nitrogens with zero attached hydrogens (tertiary/aromatic N) is 3. The molecule has 3 amide bonds. The Morgan fingerprint density at radius 3 is 2.44 bits per heavy atom. The molecule has 4 aromatic rings. The van der Waals surface area contributed by atoms with Crippen molar-refractivity contribution in [2.45, 2.75) is 38.0 Å². The number of carbonyl (C=O) groups excluding carboxylic acids is 2. The molecule has 0 saturated carbocycles. The molecule has 12 nitrogen and oxygen atoms in total. The van der Waals surface area contributed by atoms with E-state index in [4.69, 9.17) is 9.47 Å². The number of carbonyl (C=O) groups is 2. The minimum atomic E-state index is -3.77. The molecule has 0 bridgehead atoms. The zero-order valence-corrected chi connectivity index (χ0v) is 25.2. The van der Waals surface area contributed by atoms with Crippen LogP contribution in [-0.4, -0.2) is 55.1 Å². The lowest BCUT2D eigenvalue weighted by molar-refractivity contribution is -0.119. The summed E-state index contributed by atoms with van der Waals surface area (Å²) in [6.45, 7) is 3.94. The number of unbranched alkanes of at least 4 members (excludes halogenated alkanes) is 1. The average Bonchev–Trinajstić information content (AvgIpc) is 3.35. The van der Waals surface area contributed by atoms with Gasteiger partial charge in [0.25, 0.3) is 5.91 Å². The molecule has 0 spiro atoms. The summed E-state index contributed by atoms with van der Waals surface area (Å²) in [4.78, 5) is 28.8. The minimum Gasteiger partial charge on any atom is -0.456 e. The van der Waals surface area contributed by atoms with E-state index in [1.54, 1.807) is 4.68 Å². The fraction of sp³-hybridized carbons (Fsp3) is 0.267. The second-order valence-corrected chi connectivity index (χ2v) is 11.8. The van der Waals surface area contributed by atoms with Crippen LogP contribution in [0.1, 0.15) is 31.0 Å². The molecule has 2 heterocycles. The number of rotatable bonds is 12. The Labute approximate surface area is 250 Å². The van der Waals surface area contributed by atoms with Gasteiger partial charge in [-0.2, -0.15) is 5.10 Å². The number of methoxy groups -OCH3 is 1. The third-order valence-corrected chi connectivity index (χ3v) is 7.29. The molecule has 0 fully saturated rings. The van der Waals surface area contributed by atoms with Crippen molar-refractivity contribution in [2.24, 2.45) is 0 Å². The number of anilines is 3. The molecular weight excluding hydrogens is 572 g/mol. The first-order valence-corrected chi connectivity index (χ1v) is 15.5. The highest BCUT2D eigenvalue weighted by atomic mass is 32.2. The molecule has 226 valence electrons. The van der Waals surface area contributed by atoms with Crippen molar-refractivity contribution in [1.29, 1.82) is 0 Å². The number of nitrogens with one attached hydrogen (secondary N) is 3. The van der Waals surface area contributed by atoms with Crippen molar-refractivity contribution in [3.05, 3.63) is 78.1 Å². The summed E-state index contributed by atoms with van der Waals surface area (Å²) in [5.74, 6) is 0.554. The van der Waals surface area contributed by atoms with Gasteiger partial charge in [-0.05, 0) is 56.2 Å². The number of amides is 3. The lowest BCUT2D eigenvalue weighted by Gasteiger charge is -2.14. The molecule has 0 aliphatic carbocycles. The van der Waals surface area contributed by atoms with Gasteiger partial charge in [-0.15, -0.1) is 0 Å². The normalized spacial score (nSPS) is 11.2. The van der Waals surface area contributed by atoms with Gasteiger partial charge in [0.15, 0.2) is 9.84 Å². The molecular formula is C30H34N6O6S.